The Bertz CT molecular complexity index is 634. The fourth-order valence-electron chi connectivity index (χ4n) is 1.85. The first-order chi connectivity index (χ1) is 9.58. The SMILES string of the molecule is Cc1ccncc1CNC(=O)c1cccn1CC(=O)O. The molecule has 20 heavy (non-hydrogen) atoms. The first-order valence-corrected chi connectivity index (χ1v) is 6.12. The van der Waals surface area contributed by atoms with Crippen LogP contribution in [-0.2, 0) is 17.9 Å². The van der Waals surface area contributed by atoms with E-state index in [9.17, 15) is 9.59 Å². The number of rotatable bonds is 5. The number of aliphatic carboxylic acids is 1. The summed E-state index contributed by atoms with van der Waals surface area (Å²) in [4.78, 5) is 26.8. The Morgan fingerprint density at radius 3 is 2.90 bits per heavy atom. The highest BCUT2D eigenvalue weighted by Gasteiger charge is 2.12. The van der Waals surface area contributed by atoms with Gasteiger partial charge in [0.1, 0.15) is 12.2 Å². The molecule has 0 spiro atoms. The molecule has 104 valence electrons. The highest BCUT2D eigenvalue weighted by Crippen LogP contribution is 2.06. The molecule has 2 N–H and O–H groups in total. The Balaban J connectivity index is 2.04. The third-order valence-corrected chi connectivity index (χ3v) is 2.95. The standard InChI is InChI=1S/C14H15N3O3/c1-10-4-5-15-7-11(10)8-16-14(20)12-3-2-6-17(12)9-13(18)19/h2-7H,8-9H2,1H3,(H,16,20)(H,18,19). The predicted octanol–water partition coefficient (Wildman–Crippen LogP) is 1.21. The zero-order chi connectivity index (χ0) is 14.5. The molecule has 2 aromatic rings. The highest BCUT2D eigenvalue weighted by atomic mass is 16.4. The maximum absolute atomic E-state index is 12.0. The molecule has 0 saturated carbocycles. The van der Waals surface area contributed by atoms with Crippen LogP contribution in [0.5, 0.6) is 0 Å². The number of hydrogen-bond acceptors (Lipinski definition) is 3. The fraction of sp³-hybridized carbons (Fsp3) is 0.214. The summed E-state index contributed by atoms with van der Waals surface area (Å²) in [6.07, 6.45) is 4.96. The molecule has 2 heterocycles. The Kier molecular flexibility index (Phi) is 4.14. The van der Waals surface area contributed by atoms with Crippen molar-refractivity contribution >= 4 is 11.9 Å². The van der Waals surface area contributed by atoms with Gasteiger partial charge in [0.15, 0.2) is 0 Å². The third kappa shape index (κ3) is 3.23. The number of aromatic nitrogens is 2. The summed E-state index contributed by atoms with van der Waals surface area (Å²) < 4.78 is 1.40. The number of nitrogens with one attached hydrogen (secondary N) is 1. The number of carboxylic acids is 1. The second-order valence-corrected chi connectivity index (χ2v) is 4.40. The van der Waals surface area contributed by atoms with E-state index < -0.39 is 5.97 Å². The van der Waals surface area contributed by atoms with Crippen molar-refractivity contribution in [1.29, 1.82) is 0 Å². The zero-order valence-corrected chi connectivity index (χ0v) is 11.0. The molecule has 2 rings (SSSR count). The van der Waals surface area contributed by atoms with Gasteiger partial charge in [-0.15, -0.1) is 0 Å². The first-order valence-electron chi connectivity index (χ1n) is 6.12. The van der Waals surface area contributed by atoms with Crippen LogP contribution < -0.4 is 5.32 Å². The van der Waals surface area contributed by atoms with E-state index in [1.54, 1.807) is 30.7 Å². The number of nitrogens with zero attached hydrogens (tertiary/aromatic N) is 2. The van der Waals surface area contributed by atoms with E-state index in [0.29, 0.717) is 12.2 Å². The van der Waals surface area contributed by atoms with E-state index in [2.05, 4.69) is 10.3 Å². The van der Waals surface area contributed by atoms with Gasteiger partial charge in [0.05, 0.1) is 0 Å². The van der Waals surface area contributed by atoms with E-state index in [1.807, 2.05) is 13.0 Å². The molecule has 0 aliphatic rings. The lowest BCUT2D eigenvalue weighted by Gasteiger charge is -2.09. The average molecular weight is 273 g/mol. The van der Waals surface area contributed by atoms with E-state index in [-0.39, 0.29) is 12.5 Å². The van der Waals surface area contributed by atoms with Crippen molar-refractivity contribution in [2.45, 2.75) is 20.0 Å². The fourth-order valence-corrected chi connectivity index (χ4v) is 1.85. The zero-order valence-electron chi connectivity index (χ0n) is 11.0. The van der Waals surface area contributed by atoms with Crippen LogP contribution in [0.1, 0.15) is 21.6 Å². The van der Waals surface area contributed by atoms with Crippen LogP contribution in [0.15, 0.2) is 36.8 Å². The quantitative estimate of drug-likeness (QED) is 0.857. The third-order valence-electron chi connectivity index (χ3n) is 2.95. The van der Waals surface area contributed by atoms with Crippen molar-refractivity contribution in [2.24, 2.45) is 0 Å². The van der Waals surface area contributed by atoms with Crippen molar-refractivity contribution in [3.05, 3.63) is 53.6 Å². The Labute approximate surface area is 116 Å². The van der Waals surface area contributed by atoms with E-state index >= 15 is 0 Å². The van der Waals surface area contributed by atoms with E-state index in [4.69, 9.17) is 5.11 Å². The van der Waals surface area contributed by atoms with Gasteiger partial charge in [-0.05, 0) is 36.2 Å². The lowest BCUT2D eigenvalue weighted by molar-refractivity contribution is -0.137. The van der Waals surface area contributed by atoms with Crippen molar-refractivity contribution in [3.63, 3.8) is 0 Å². The molecule has 6 heteroatoms. The summed E-state index contributed by atoms with van der Waals surface area (Å²) in [6, 6.07) is 5.11. The van der Waals surface area contributed by atoms with E-state index in [0.717, 1.165) is 11.1 Å². The summed E-state index contributed by atoms with van der Waals surface area (Å²) >= 11 is 0. The minimum absolute atomic E-state index is 0.234. The van der Waals surface area contributed by atoms with E-state index in [1.165, 1.54) is 4.57 Å². The second kappa shape index (κ2) is 6.01. The lowest BCUT2D eigenvalue weighted by Crippen LogP contribution is -2.26. The van der Waals surface area contributed by atoms with Gasteiger partial charge < -0.3 is 15.0 Å². The largest absolute Gasteiger partial charge is 0.480 e. The Morgan fingerprint density at radius 1 is 1.40 bits per heavy atom. The molecule has 0 aliphatic carbocycles. The number of carbonyl (C=O) groups excluding carboxylic acids is 1. The maximum atomic E-state index is 12.0. The number of amides is 1. The van der Waals surface area contributed by atoms with Gasteiger partial charge in [0.2, 0.25) is 0 Å². The van der Waals surface area contributed by atoms with Crippen LogP contribution in [0.3, 0.4) is 0 Å². The van der Waals surface area contributed by atoms with Crippen LogP contribution in [0.25, 0.3) is 0 Å². The average Bonchev–Trinajstić information content (AvgIpc) is 2.85. The minimum atomic E-state index is -0.988. The Morgan fingerprint density at radius 2 is 2.20 bits per heavy atom. The number of pyridine rings is 1. The van der Waals surface area contributed by atoms with Gasteiger partial charge in [0, 0.05) is 25.1 Å². The monoisotopic (exact) mass is 273 g/mol. The number of carbonyl (C=O) groups is 2. The first kappa shape index (κ1) is 13.8. The van der Waals surface area contributed by atoms with Crippen molar-refractivity contribution in [1.82, 2.24) is 14.9 Å². The number of aryl methyl sites for hydroxylation is 1. The molecular weight excluding hydrogens is 258 g/mol. The molecule has 0 aromatic carbocycles. The molecule has 0 atom stereocenters. The summed E-state index contributed by atoms with van der Waals surface area (Å²) in [7, 11) is 0. The van der Waals surface area contributed by atoms with Crippen LogP contribution >= 0.6 is 0 Å². The minimum Gasteiger partial charge on any atom is -0.480 e. The van der Waals surface area contributed by atoms with Gasteiger partial charge in [-0.2, -0.15) is 0 Å². The van der Waals surface area contributed by atoms with Crippen LogP contribution in [0.4, 0.5) is 0 Å². The van der Waals surface area contributed by atoms with Gasteiger partial charge in [0.25, 0.3) is 5.91 Å². The normalized spacial score (nSPS) is 10.2. The highest BCUT2D eigenvalue weighted by molar-refractivity contribution is 5.93. The molecule has 6 nitrogen and oxygen atoms in total. The van der Waals surface area contributed by atoms with Gasteiger partial charge in [-0.3, -0.25) is 14.6 Å². The van der Waals surface area contributed by atoms with Gasteiger partial charge in [-0.1, -0.05) is 0 Å². The second-order valence-electron chi connectivity index (χ2n) is 4.40. The smallest absolute Gasteiger partial charge is 0.323 e. The number of carboxylic acid groups (broad SMARTS) is 1. The summed E-state index contributed by atoms with van der Waals surface area (Å²) in [5, 5.41) is 11.5. The van der Waals surface area contributed by atoms with Crippen molar-refractivity contribution in [3.8, 4) is 0 Å². The van der Waals surface area contributed by atoms with Crippen molar-refractivity contribution < 1.29 is 14.7 Å². The summed E-state index contributed by atoms with van der Waals surface area (Å²) in [5.41, 5.74) is 2.30. The van der Waals surface area contributed by atoms with Gasteiger partial charge in [-0.25, -0.2) is 0 Å². The molecule has 0 radical (unpaired) electrons. The molecular formula is C14H15N3O3. The maximum Gasteiger partial charge on any atom is 0.323 e. The molecule has 0 bridgehead atoms. The van der Waals surface area contributed by atoms with Crippen LogP contribution in [0, 0.1) is 6.92 Å². The van der Waals surface area contributed by atoms with Gasteiger partial charge >= 0.3 is 5.97 Å². The van der Waals surface area contributed by atoms with Crippen LogP contribution in [-0.4, -0.2) is 26.5 Å². The molecule has 1 amide bonds. The summed E-state index contributed by atoms with van der Waals surface area (Å²) in [6.45, 7) is 2.06. The number of hydrogen-bond donors (Lipinski definition) is 2. The molecule has 0 aliphatic heterocycles. The molecule has 0 fully saturated rings. The lowest BCUT2D eigenvalue weighted by atomic mass is 10.1. The molecule has 2 aromatic heterocycles. The molecule has 0 saturated heterocycles. The predicted molar refractivity (Wildman–Crippen MR) is 72.2 cm³/mol. The molecule has 0 unspecified atom stereocenters. The van der Waals surface area contributed by atoms with Crippen LogP contribution in [0.2, 0.25) is 0 Å². The summed E-state index contributed by atoms with van der Waals surface area (Å²) in [5.74, 6) is -1.29. The Hall–Kier alpha value is -2.63. The topological polar surface area (TPSA) is 84.2 Å². The van der Waals surface area contributed by atoms with Crippen molar-refractivity contribution in [2.75, 3.05) is 0 Å².